The predicted octanol–water partition coefficient (Wildman–Crippen LogP) is 5.62. The Labute approximate surface area is 288 Å². The second kappa shape index (κ2) is 15.5. The zero-order valence-corrected chi connectivity index (χ0v) is 28.2. The summed E-state index contributed by atoms with van der Waals surface area (Å²) in [6.45, 7) is 0.131. The molecule has 1 atom stereocenters. The number of aromatic nitrogens is 3. The molecule has 6 rings (SSSR count). The number of hydrogen-bond donors (Lipinski definition) is 1. The van der Waals surface area contributed by atoms with Gasteiger partial charge in [-0.25, -0.2) is 5.01 Å². The minimum absolute atomic E-state index is 0.0414. The average Bonchev–Trinajstić information content (AvgIpc) is 3.78. The summed E-state index contributed by atoms with van der Waals surface area (Å²) in [6.07, 6.45) is 0.781. The molecule has 11 nitrogen and oxygen atoms in total. The van der Waals surface area contributed by atoms with Crippen molar-refractivity contribution in [2.75, 3.05) is 27.1 Å². The number of amides is 2. The van der Waals surface area contributed by atoms with E-state index in [2.05, 4.69) is 15.5 Å². The molecule has 5 aromatic rings. The summed E-state index contributed by atoms with van der Waals surface area (Å²) >= 11 is 1.24. The minimum atomic E-state index is -0.307. The van der Waals surface area contributed by atoms with Gasteiger partial charge in [-0.2, -0.15) is 5.10 Å². The van der Waals surface area contributed by atoms with Crippen LogP contribution in [0.1, 0.15) is 35.0 Å². The Balaban J connectivity index is 1.24. The largest absolute Gasteiger partial charge is 0.497 e. The highest BCUT2D eigenvalue weighted by atomic mass is 32.2. The normalized spacial score (nSPS) is 13.9. The number of nitrogens with zero attached hydrogens (tertiary/aromatic N) is 5. The first-order valence-electron chi connectivity index (χ1n) is 15.7. The van der Waals surface area contributed by atoms with Crippen molar-refractivity contribution in [1.29, 1.82) is 0 Å². The Morgan fingerprint density at radius 2 is 1.49 bits per heavy atom. The van der Waals surface area contributed by atoms with Crippen molar-refractivity contribution in [3.63, 3.8) is 0 Å². The Morgan fingerprint density at radius 1 is 0.816 bits per heavy atom. The van der Waals surface area contributed by atoms with Crippen molar-refractivity contribution >= 4 is 29.3 Å². The van der Waals surface area contributed by atoms with Gasteiger partial charge in [0.05, 0.1) is 57.5 Å². The number of benzene rings is 4. The van der Waals surface area contributed by atoms with E-state index in [4.69, 9.17) is 19.3 Å². The van der Waals surface area contributed by atoms with Crippen LogP contribution in [0.4, 0.5) is 0 Å². The summed E-state index contributed by atoms with van der Waals surface area (Å²) in [5.74, 6) is 2.27. The fraction of sp³-hybridized carbons (Fsp3) is 0.216. The molecule has 0 fully saturated rings. The molecule has 1 aliphatic rings. The van der Waals surface area contributed by atoms with Crippen LogP contribution in [-0.4, -0.2) is 64.4 Å². The lowest BCUT2D eigenvalue weighted by Gasteiger charge is -2.22. The van der Waals surface area contributed by atoms with E-state index in [1.54, 1.807) is 26.3 Å². The first-order valence-corrected chi connectivity index (χ1v) is 16.6. The molecule has 1 aromatic heterocycles. The summed E-state index contributed by atoms with van der Waals surface area (Å²) in [5, 5.41) is 18.7. The highest BCUT2D eigenvalue weighted by Crippen LogP contribution is 2.35. The smallest absolute Gasteiger partial charge is 0.253 e. The van der Waals surface area contributed by atoms with Crippen LogP contribution in [0, 0.1) is 0 Å². The van der Waals surface area contributed by atoms with E-state index < -0.39 is 0 Å². The standard InChI is InChI=1S/C37H36N6O5S/c1-46-28-17-13-26(14-18-28)30-22-32(27-15-19-29(47-2)20-16-27)43(41-30)36(45)24-49-37-40-39-34(42(37)31-11-7-8-12-33(31)48-3)23-38-35(44)21-25-9-5-4-6-10-25/h4-20,32H,21-24H2,1-3H3,(H,38,44)/t32-/m1/s1. The van der Waals surface area contributed by atoms with Crippen LogP contribution in [0.5, 0.6) is 17.2 Å². The molecule has 1 N–H and O–H groups in total. The molecule has 0 radical (unpaired) electrons. The van der Waals surface area contributed by atoms with Crippen molar-refractivity contribution in [2.45, 2.75) is 30.6 Å². The zero-order valence-electron chi connectivity index (χ0n) is 27.4. The summed E-state index contributed by atoms with van der Waals surface area (Å²) in [4.78, 5) is 26.8. The predicted molar refractivity (Wildman–Crippen MR) is 187 cm³/mol. The van der Waals surface area contributed by atoms with E-state index in [1.165, 1.54) is 11.8 Å². The molecule has 250 valence electrons. The fourth-order valence-corrected chi connectivity index (χ4v) is 6.38. The van der Waals surface area contributed by atoms with Crippen molar-refractivity contribution in [2.24, 2.45) is 5.10 Å². The lowest BCUT2D eigenvalue weighted by Crippen LogP contribution is -2.28. The van der Waals surface area contributed by atoms with Gasteiger partial charge in [0, 0.05) is 6.42 Å². The molecule has 0 saturated heterocycles. The Kier molecular flexibility index (Phi) is 10.5. The van der Waals surface area contributed by atoms with Gasteiger partial charge in [0.1, 0.15) is 17.2 Å². The number of ether oxygens (including phenoxy) is 3. The number of carbonyl (C=O) groups excluding carboxylic acids is 2. The van der Waals surface area contributed by atoms with E-state index in [9.17, 15) is 9.59 Å². The third-order valence-electron chi connectivity index (χ3n) is 8.09. The highest BCUT2D eigenvalue weighted by molar-refractivity contribution is 7.99. The summed E-state index contributed by atoms with van der Waals surface area (Å²) in [6, 6.07) is 32.0. The van der Waals surface area contributed by atoms with Crippen molar-refractivity contribution < 1.29 is 23.8 Å². The molecular weight excluding hydrogens is 641 g/mol. The summed E-state index contributed by atoms with van der Waals surface area (Å²) in [7, 11) is 4.84. The summed E-state index contributed by atoms with van der Waals surface area (Å²) < 4.78 is 18.2. The minimum Gasteiger partial charge on any atom is -0.497 e. The van der Waals surface area contributed by atoms with Crippen LogP contribution in [0.15, 0.2) is 113 Å². The van der Waals surface area contributed by atoms with E-state index in [-0.39, 0.29) is 36.6 Å². The molecule has 4 aromatic carbocycles. The monoisotopic (exact) mass is 676 g/mol. The number of methoxy groups -OCH3 is 3. The lowest BCUT2D eigenvalue weighted by atomic mass is 9.98. The molecule has 0 aliphatic carbocycles. The second-order valence-corrected chi connectivity index (χ2v) is 12.1. The molecule has 0 unspecified atom stereocenters. The van der Waals surface area contributed by atoms with Crippen LogP contribution >= 0.6 is 11.8 Å². The van der Waals surface area contributed by atoms with E-state index in [0.717, 1.165) is 33.9 Å². The Morgan fingerprint density at radius 3 is 2.18 bits per heavy atom. The number of thioether (sulfide) groups is 1. The van der Waals surface area contributed by atoms with Crippen molar-refractivity contribution in [3.05, 3.63) is 126 Å². The van der Waals surface area contributed by atoms with Gasteiger partial charge >= 0.3 is 0 Å². The van der Waals surface area contributed by atoms with Crippen LogP contribution in [0.3, 0.4) is 0 Å². The molecule has 12 heteroatoms. The maximum Gasteiger partial charge on any atom is 0.253 e. The van der Waals surface area contributed by atoms with Gasteiger partial charge < -0.3 is 19.5 Å². The van der Waals surface area contributed by atoms with Gasteiger partial charge in [-0.05, 0) is 65.2 Å². The van der Waals surface area contributed by atoms with Gasteiger partial charge in [0.2, 0.25) is 5.91 Å². The van der Waals surface area contributed by atoms with Crippen molar-refractivity contribution in [1.82, 2.24) is 25.1 Å². The van der Waals surface area contributed by atoms with E-state index in [1.807, 2.05) is 108 Å². The quantitative estimate of drug-likeness (QED) is 0.160. The molecule has 2 heterocycles. The van der Waals surface area contributed by atoms with Crippen LogP contribution in [-0.2, 0) is 22.6 Å². The van der Waals surface area contributed by atoms with Gasteiger partial charge in [0.15, 0.2) is 11.0 Å². The highest BCUT2D eigenvalue weighted by Gasteiger charge is 2.33. The molecule has 49 heavy (non-hydrogen) atoms. The molecule has 0 spiro atoms. The lowest BCUT2D eigenvalue weighted by molar-refractivity contribution is -0.130. The first kappa shape index (κ1) is 33.3. The van der Waals surface area contributed by atoms with Gasteiger partial charge in [-0.15, -0.1) is 10.2 Å². The molecule has 0 bridgehead atoms. The zero-order chi connectivity index (χ0) is 34.2. The molecule has 0 saturated carbocycles. The van der Waals surface area contributed by atoms with Crippen LogP contribution < -0.4 is 19.5 Å². The molecule has 1 aliphatic heterocycles. The van der Waals surface area contributed by atoms with Crippen LogP contribution in [0.2, 0.25) is 0 Å². The van der Waals surface area contributed by atoms with Crippen molar-refractivity contribution in [3.8, 4) is 22.9 Å². The van der Waals surface area contributed by atoms with Gasteiger partial charge in [-0.3, -0.25) is 14.2 Å². The average molecular weight is 677 g/mol. The Hall–Kier alpha value is -5.62. The maximum atomic E-state index is 14.0. The second-order valence-electron chi connectivity index (χ2n) is 11.1. The topological polar surface area (TPSA) is 120 Å². The van der Waals surface area contributed by atoms with Gasteiger partial charge in [-0.1, -0.05) is 66.4 Å². The SMILES string of the molecule is COc1ccc(C2=NN(C(=O)CSc3nnc(CNC(=O)Cc4ccccc4)n3-c3ccccc3OC)[C@@H](c3ccc(OC)cc3)C2)cc1. The third kappa shape index (κ3) is 7.76. The van der Waals surface area contributed by atoms with Crippen LogP contribution in [0.25, 0.3) is 5.69 Å². The molecular formula is C37H36N6O5S. The number of carbonyl (C=O) groups is 2. The third-order valence-corrected chi connectivity index (χ3v) is 9.01. The fourth-order valence-electron chi connectivity index (χ4n) is 5.56. The number of hydrazone groups is 1. The number of hydrogen-bond acceptors (Lipinski definition) is 9. The number of nitrogens with one attached hydrogen (secondary N) is 1. The van der Waals surface area contributed by atoms with E-state index in [0.29, 0.717) is 28.8 Å². The number of para-hydroxylation sites is 2. The maximum absolute atomic E-state index is 14.0. The van der Waals surface area contributed by atoms with E-state index >= 15 is 0 Å². The Bertz CT molecular complexity index is 1930. The number of rotatable bonds is 13. The van der Waals surface area contributed by atoms with Gasteiger partial charge in [0.25, 0.3) is 5.91 Å². The molecule has 2 amide bonds. The first-order chi connectivity index (χ1) is 24.0. The summed E-state index contributed by atoms with van der Waals surface area (Å²) in [5.41, 5.74) is 4.25.